The van der Waals surface area contributed by atoms with Gasteiger partial charge in [-0.2, -0.15) is 0 Å². The number of benzene rings is 2. The molecule has 2 amide bonds. The van der Waals surface area contributed by atoms with Crippen molar-refractivity contribution < 1.29 is 14.0 Å². The van der Waals surface area contributed by atoms with E-state index >= 15 is 0 Å². The molecule has 0 bridgehead atoms. The summed E-state index contributed by atoms with van der Waals surface area (Å²) in [4.78, 5) is 23.6. The minimum atomic E-state index is -0.265. The number of halogens is 1. The van der Waals surface area contributed by atoms with Gasteiger partial charge in [-0.05, 0) is 55.7 Å². The molecule has 2 aromatic carbocycles. The van der Waals surface area contributed by atoms with Crippen molar-refractivity contribution in [3.05, 3.63) is 65.5 Å². The Morgan fingerprint density at radius 1 is 0.926 bits per heavy atom. The Kier molecular flexibility index (Phi) is 7.79. The third kappa shape index (κ3) is 7.90. The smallest absolute Gasteiger partial charge is 0.239 e. The summed E-state index contributed by atoms with van der Waals surface area (Å²) >= 11 is 0. The van der Waals surface area contributed by atoms with E-state index in [0.29, 0.717) is 19.4 Å². The predicted octanol–water partition coefficient (Wildman–Crippen LogP) is 2.66. The number of carbonyl (C=O) groups excluding carboxylic acids is 2. The van der Waals surface area contributed by atoms with Gasteiger partial charge in [-0.1, -0.05) is 24.3 Å². The van der Waals surface area contributed by atoms with E-state index in [0.717, 1.165) is 16.8 Å². The van der Waals surface area contributed by atoms with Gasteiger partial charge in [-0.3, -0.25) is 9.59 Å². The summed E-state index contributed by atoms with van der Waals surface area (Å²) in [6, 6.07) is 13.8. The zero-order valence-electron chi connectivity index (χ0n) is 15.7. The molecule has 3 N–H and O–H groups in total. The fourth-order valence-electron chi connectivity index (χ4n) is 2.54. The van der Waals surface area contributed by atoms with Crippen LogP contribution in [0.2, 0.25) is 0 Å². The molecule has 0 unspecified atom stereocenters. The second-order valence-electron chi connectivity index (χ2n) is 6.68. The molecule has 6 heteroatoms. The van der Waals surface area contributed by atoms with Crippen LogP contribution in [0.15, 0.2) is 48.5 Å². The first-order valence-corrected chi connectivity index (χ1v) is 9.05. The number of amides is 2. The highest BCUT2D eigenvalue weighted by Gasteiger charge is 2.05. The zero-order valence-corrected chi connectivity index (χ0v) is 15.7. The molecule has 0 saturated heterocycles. The molecule has 2 rings (SSSR count). The molecular weight excluding hydrogens is 345 g/mol. The number of nitrogens with one attached hydrogen (secondary N) is 3. The van der Waals surface area contributed by atoms with Crippen molar-refractivity contribution in [2.24, 2.45) is 0 Å². The lowest BCUT2D eigenvalue weighted by molar-refractivity contribution is -0.121. The van der Waals surface area contributed by atoms with Gasteiger partial charge < -0.3 is 16.0 Å². The van der Waals surface area contributed by atoms with E-state index < -0.39 is 0 Å². The second kappa shape index (κ2) is 10.3. The van der Waals surface area contributed by atoms with E-state index in [-0.39, 0.29) is 30.2 Å². The molecule has 0 radical (unpaired) electrons. The summed E-state index contributed by atoms with van der Waals surface area (Å²) in [5.74, 6) is -0.387. The van der Waals surface area contributed by atoms with Crippen molar-refractivity contribution in [3.63, 3.8) is 0 Å². The van der Waals surface area contributed by atoms with Crippen LogP contribution in [-0.2, 0) is 22.4 Å². The molecule has 0 saturated carbocycles. The van der Waals surface area contributed by atoms with Gasteiger partial charge in [0.2, 0.25) is 11.8 Å². The molecular formula is C21H26FN3O2. The van der Waals surface area contributed by atoms with Crippen molar-refractivity contribution >= 4 is 17.5 Å². The number of hydrogen-bond acceptors (Lipinski definition) is 3. The molecule has 0 fully saturated rings. The van der Waals surface area contributed by atoms with E-state index in [1.165, 1.54) is 12.1 Å². The van der Waals surface area contributed by atoms with E-state index in [1.807, 2.05) is 38.1 Å². The maximum absolute atomic E-state index is 12.8. The van der Waals surface area contributed by atoms with Gasteiger partial charge in [-0.25, -0.2) is 4.39 Å². The molecule has 0 heterocycles. The Balaban J connectivity index is 1.68. The summed E-state index contributed by atoms with van der Waals surface area (Å²) in [5.41, 5.74) is 2.71. The minimum absolute atomic E-state index is 0.00811. The molecule has 0 aliphatic carbocycles. The Morgan fingerprint density at radius 3 is 2.19 bits per heavy atom. The summed E-state index contributed by atoms with van der Waals surface area (Å²) in [6.07, 6.45) is 0.988. The summed E-state index contributed by atoms with van der Waals surface area (Å²) in [7, 11) is 0. The third-order valence-electron chi connectivity index (χ3n) is 3.87. The molecule has 2 aromatic rings. The zero-order chi connectivity index (χ0) is 19.6. The largest absolute Gasteiger partial charge is 0.376 e. The summed E-state index contributed by atoms with van der Waals surface area (Å²) in [5, 5.41) is 8.73. The third-order valence-corrected chi connectivity index (χ3v) is 3.87. The van der Waals surface area contributed by atoms with E-state index in [2.05, 4.69) is 16.0 Å². The standard InChI is InChI=1S/C21H26FN3O2/c1-15(2)25-20(26)13-17-5-9-19(10-6-17)24-14-21(27)23-12-11-16-3-7-18(22)8-4-16/h3-10,15,24H,11-14H2,1-2H3,(H,23,27)(H,25,26). The van der Waals surface area contributed by atoms with E-state index in [1.54, 1.807) is 12.1 Å². The van der Waals surface area contributed by atoms with Crippen LogP contribution in [-0.4, -0.2) is 30.9 Å². The predicted molar refractivity (Wildman–Crippen MR) is 105 cm³/mol. The van der Waals surface area contributed by atoms with Crippen LogP contribution in [0, 0.1) is 5.82 Å². The molecule has 0 spiro atoms. The average molecular weight is 371 g/mol. The van der Waals surface area contributed by atoms with Crippen LogP contribution in [0.3, 0.4) is 0 Å². The molecule has 0 aliphatic rings. The Labute approximate surface area is 159 Å². The molecule has 5 nitrogen and oxygen atoms in total. The number of anilines is 1. The monoisotopic (exact) mass is 371 g/mol. The number of carbonyl (C=O) groups is 2. The lowest BCUT2D eigenvalue weighted by atomic mass is 10.1. The lowest BCUT2D eigenvalue weighted by Gasteiger charge is -2.10. The number of hydrogen-bond donors (Lipinski definition) is 3. The Bertz CT molecular complexity index is 743. The van der Waals surface area contributed by atoms with Crippen LogP contribution in [0.4, 0.5) is 10.1 Å². The molecule has 144 valence electrons. The van der Waals surface area contributed by atoms with Gasteiger partial charge in [0, 0.05) is 18.3 Å². The first-order chi connectivity index (χ1) is 12.9. The van der Waals surface area contributed by atoms with Gasteiger partial charge in [-0.15, -0.1) is 0 Å². The van der Waals surface area contributed by atoms with E-state index in [4.69, 9.17) is 0 Å². The van der Waals surface area contributed by atoms with Crippen molar-refractivity contribution in [3.8, 4) is 0 Å². The Hall–Kier alpha value is -2.89. The topological polar surface area (TPSA) is 70.2 Å². The van der Waals surface area contributed by atoms with Crippen molar-refractivity contribution in [2.75, 3.05) is 18.4 Å². The van der Waals surface area contributed by atoms with Gasteiger partial charge in [0.05, 0.1) is 13.0 Å². The lowest BCUT2D eigenvalue weighted by Crippen LogP contribution is -2.31. The Morgan fingerprint density at radius 2 is 1.56 bits per heavy atom. The first-order valence-electron chi connectivity index (χ1n) is 9.05. The van der Waals surface area contributed by atoms with Crippen LogP contribution in [0.25, 0.3) is 0 Å². The molecule has 27 heavy (non-hydrogen) atoms. The van der Waals surface area contributed by atoms with Crippen LogP contribution in [0.5, 0.6) is 0 Å². The van der Waals surface area contributed by atoms with Crippen molar-refractivity contribution in [1.82, 2.24) is 10.6 Å². The minimum Gasteiger partial charge on any atom is -0.376 e. The highest BCUT2D eigenvalue weighted by molar-refractivity contribution is 5.81. The van der Waals surface area contributed by atoms with Gasteiger partial charge in [0.25, 0.3) is 0 Å². The van der Waals surface area contributed by atoms with Gasteiger partial charge in [0.15, 0.2) is 0 Å². The van der Waals surface area contributed by atoms with Crippen molar-refractivity contribution in [1.29, 1.82) is 0 Å². The highest BCUT2D eigenvalue weighted by atomic mass is 19.1. The second-order valence-corrected chi connectivity index (χ2v) is 6.68. The molecule has 0 aliphatic heterocycles. The first kappa shape index (κ1) is 20.4. The highest BCUT2D eigenvalue weighted by Crippen LogP contribution is 2.10. The van der Waals surface area contributed by atoms with Crippen LogP contribution >= 0.6 is 0 Å². The maximum Gasteiger partial charge on any atom is 0.239 e. The fraction of sp³-hybridized carbons (Fsp3) is 0.333. The van der Waals surface area contributed by atoms with Crippen molar-refractivity contribution in [2.45, 2.75) is 32.7 Å². The summed E-state index contributed by atoms with van der Waals surface area (Å²) in [6.45, 7) is 4.51. The maximum atomic E-state index is 12.8. The van der Waals surface area contributed by atoms with Gasteiger partial charge >= 0.3 is 0 Å². The average Bonchev–Trinajstić information content (AvgIpc) is 2.62. The van der Waals surface area contributed by atoms with E-state index in [9.17, 15) is 14.0 Å². The number of rotatable bonds is 9. The fourth-order valence-corrected chi connectivity index (χ4v) is 2.54. The van der Waals surface area contributed by atoms with Crippen LogP contribution < -0.4 is 16.0 Å². The molecule has 0 atom stereocenters. The van der Waals surface area contributed by atoms with Crippen LogP contribution in [0.1, 0.15) is 25.0 Å². The quantitative estimate of drug-likeness (QED) is 0.635. The normalized spacial score (nSPS) is 10.5. The van der Waals surface area contributed by atoms with Gasteiger partial charge in [0.1, 0.15) is 5.82 Å². The molecule has 0 aromatic heterocycles. The summed E-state index contributed by atoms with van der Waals surface area (Å²) < 4.78 is 12.8. The SMILES string of the molecule is CC(C)NC(=O)Cc1ccc(NCC(=O)NCCc2ccc(F)cc2)cc1.